The van der Waals surface area contributed by atoms with Crippen molar-refractivity contribution in [1.29, 1.82) is 0 Å². The number of hydrogen-bond donors (Lipinski definition) is 1. The van der Waals surface area contributed by atoms with Crippen molar-refractivity contribution in [3.63, 3.8) is 0 Å². The minimum atomic E-state index is -0.127. The fourth-order valence-electron chi connectivity index (χ4n) is 1.33. The smallest absolute Gasteiger partial charge is 0.222 e. The summed E-state index contributed by atoms with van der Waals surface area (Å²) in [7, 11) is 0. The van der Waals surface area contributed by atoms with Crippen LogP contribution in [0.1, 0.15) is 6.92 Å². The minimum absolute atomic E-state index is 0.127. The maximum absolute atomic E-state index is 10.8. The quantitative estimate of drug-likeness (QED) is 0.831. The van der Waals surface area contributed by atoms with Crippen molar-refractivity contribution in [2.45, 2.75) is 6.92 Å². The van der Waals surface area contributed by atoms with Crippen molar-refractivity contribution in [1.82, 2.24) is 9.97 Å². The van der Waals surface area contributed by atoms with Gasteiger partial charge in [0.25, 0.3) is 0 Å². The van der Waals surface area contributed by atoms with E-state index >= 15 is 0 Å². The molecular weight excluding hydrogens is 202 g/mol. The van der Waals surface area contributed by atoms with Crippen LogP contribution in [0.4, 0.5) is 5.82 Å². The van der Waals surface area contributed by atoms with Crippen LogP contribution in [0.3, 0.4) is 0 Å². The summed E-state index contributed by atoms with van der Waals surface area (Å²) in [6.07, 6.45) is 3.42. The number of carbonyl (C=O) groups is 1. The summed E-state index contributed by atoms with van der Waals surface area (Å²) >= 11 is 0. The molecule has 0 atom stereocenters. The lowest BCUT2D eigenvalue weighted by Gasteiger charge is -2.02. The highest BCUT2D eigenvalue weighted by atomic mass is 16.1. The Morgan fingerprint density at radius 2 is 2.06 bits per heavy atom. The third-order valence-corrected chi connectivity index (χ3v) is 2.03. The summed E-state index contributed by atoms with van der Waals surface area (Å²) in [5.41, 5.74) is 1.79. The molecule has 0 aromatic carbocycles. The Labute approximate surface area is 93.4 Å². The van der Waals surface area contributed by atoms with Gasteiger partial charge in [-0.2, -0.15) is 0 Å². The lowest BCUT2D eigenvalue weighted by Crippen LogP contribution is -2.06. The number of carbonyl (C=O) groups excluding carboxylic acids is 1. The Morgan fingerprint density at radius 1 is 1.19 bits per heavy atom. The number of aromatic nitrogens is 2. The molecule has 2 heterocycles. The van der Waals surface area contributed by atoms with Crippen LogP contribution in [0.25, 0.3) is 11.3 Å². The molecule has 0 spiro atoms. The second kappa shape index (κ2) is 4.53. The van der Waals surface area contributed by atoms with Gasteiger partial charge in [0.15, 0.2) is 0 Å². The van der Waals surface area contributed by atoms with Crippen molar-refractivity contribution in [3.05, 3.63) is 42.7 Å². The van der Waals surface area contributed by atoms with E-state index in [9.17, 15) is 4.79 Å². The molecule has 2 rings (SSSR count). The molecule has 0 saturated carbocycles. The molecule has 0 aliphatic heterocycles. The predicted molar refractivity (Wildman–Crippen MR) is 61.8 cm³/mol. The van der Waals surface area contributed by atoms with E-state index in [2.05, 4.69) is 15.3 Å². The molecule has 0 saturated heterocycles. The number of amides is 1. The lowest BCUT2D eigenvalue weighted by molar-refractivity contribution is -0.114. The second-order valence-corrected chi connectivity index (χ2v) is 3.33. The van der Waals surface area contributed by atoms with Gasteiger partial charge in [-0.3, -0.25) is 9.78 Å². The van der Waals surface area contributed by atoms with Crippen LogP contribution in [-0.4, -0.2) is 15.9 Å². The van der Waals surface area contributed by atoms with Crippen LogP contribution >= 0.6 is 0 Å². The summed E-state index contributed by atoms with van der Waals surface area (Å²) < 4.78 is 0. The van der Waals surface area contributed by atoms with Crippen LogP contribution in [0.2, 0.25) is 0 Å². The monoisotopic (exact) mass is 213 g/mol. The Bertz CT molecular complexity index is 479. The van der Waals surface area contributed by atoms with E-state index < -0.39 is 0 Å². The zero-order valence-corrected chi connectivity index (χ0v) is 8.84. The summed E-state index contributed by atoms with van der Waals surface area (Å²) in [6.45, 7) is 1.45. The fraction of sp³-hybridized carbons (Fsp3) is 0.0833. The lowest BCUT2D eigenvalue weighted by atomic mass is 10.2. The van der Waals surface area contributed by atoms with Gasteiger partial charge in [0.2, 0.25) is 5.91 Å². The zero-order chi connectivity index (χ0) is 11.4. The number of hydrogen-bond acceptors (Lipinski definition) is 3. The number of nitrogens with one attached hydrogen (secondary N) is 1. The zero-order valence-electron chi connectivity index (χ0n) is 8.84. The van der Waals surface area contributed by atoms with Crippen molar-refractivity contribution < 1.29 is 4.79 Å². The van der Waals surface area contributed by atoms with Gasteiger partial charge >= 0.3 is 0 Å². The molecule has 4 heteroatoms. The Hall–Kier alpha value is -2.23. The fourth-order valence-corrected chi connectivity index (χ4v) is 1.33. The van der Waals surface area contributed by atoms with Crippen molar-refractivity contribution in [2.24, 2.45) is 0 Å². The molecule has 1 amide bonds. The molecule has 16 heavy (non-hydrogen) atoms. The van der Waals surface area contributed by atoms with Crippen LogP contribution in [0, 0.1) is 0 Å². The molecule has 0 radical (unpaired) electrons. The molecule has 80 valence electrons. The first-order chi connectivity index (χ1) is 7.75. The van der Waals surface area contributed by atoms with E-state index in [1.54, 1.807) is 18.5 Å². The molecular formula is C12H11N3O. The van der Waals surface area contributed by atoms with Gasteiger partial charge in [0.1, 0.15) is 5.82 Å². The summed E-state index contributed by atoms with van der Waals surface area (Å²) in [4.78, 5) is 19.1. The van der Waals surface area contributed by atoms with E-state index in [-0.39, 0.29) is 5.91 Å². The molecule has 0 bridgehead atoms. The normalized spacial score (nSPS) is 9.81. The molecule has 0 aliphatic rings. The minimum Gasteiger partial charge on any atom is -0.311 e. The maximum atomic E-state index is 10.8. The largest absolute Gasteiger partial charge is 0.311 e. The van der Waals surface area contributed by atoms with Crippen molar-refractivity contribution in [2.75, 3.05) is 5.32 Å². The number of anilines is 1. The molecule has 4 nitrogen and oxygen atoms in total. The number of nitrogens with zero attached hydrogens (tertiary/aromatic N) is 2. The van der Waals surface area contributed by atoms with Gasteiger partial charge in [-0.05, 0) is 24.3 Å². The maximum Gasteiger partial charge on any atom is 0.222 e. The third-order valence-electron chi connectivity index (χ3n) is 2.03. The molecule has 0 fully saturated rings. The van der Waals surface area contributed by atoms with Gasteiger partial charge in [0.05, 0.1) is 5.69 Å². The van der Waals surface area contributed by atoms with E-state index in [0.29, 0.717) is 5.82 Å². The first kappa shape index (κ1) is 10.3. The number of rotatable bonds is 2. The topological polar surface area (TPSA) is 54.9 Å². The van der Waals surface area contributed by atoms with Crippen LogP contribution in [0.15, 0.2) is 42.7 Å². The standard InChI is InChI=1S/C12H11N3O/c1-9(16)15-12-6-5-10(8-14-12)11-4-2-3-7-13-11/h2-8H,1H3,(H,14,15,16). The highest BCUT2D eigenvalue weighted by molar-refractivity contribution is 5.87. The van der Waals surface area contributed by atoms with E-state index in [4.69, 9.17) is 0 Å². The van der Waals surface area contributed by atoms with Crippen molar-refractivity contribution in [3.8, 4) is 11.3 Å². The molecule has 1 N–H and O–H groups in total. The van der Waals surface area contributed by atoms with Gasteiger partial charge in [0, 0.05) is 24.9 Å². The first-order valence-corrected chi connectivity index (χ1v) is 4.91. The van der Waals surface area contributed by atoms with Gasteiger partial charge in [-0.1, -0.05) is 6.07 Å². The highest BCUT2D eigenvalue weighted by Crippen LogP contribution is 2.16. The second-order valence-electron chi connectivity index (χ2n) is 3.33. The summed E-state index contributed by atoms with van der Waals surface area (Å²) in [6, 6.07) is 9.33. The van der Waals surface area contributed by atoms with Gasteiger partial charge in [-0.15, -0.1) is 0 Å². The van der Waals surface area contributed by atoms with E-state index in [1.807, 2.05) is 24.3 Å². The van der Waals surface area contributed by atoms with Crippen LogP contribution in [-0.2, 0) is 4.79 Å². The van der Waals surface area contributed by atoms with Gasteiger partial charge < -0.3 is 5.32 Å². The molecule has 0 unspecified atom stereocenters. The van der Waals surface area contributed by atoms with E-state index in [1.165, 1.54) is 6.92 Å². The molecule has 0 aliphatic carbocycles. The van der Waals surface area contributed by atoms with Crippen LogP contribution < -0.4 is 5.32 Å². The van der Waals surface area contributed by atoms with Crippen LogP contribution in [0.5, 0.6) is 0 Å². The van der Waals surface area contributed by atoms with Gasteiger partial charge in [-0.25, -0.2) is 4.98 Å². The molecule has 2 aromatic rings. The average Bonchev–Trinajstić information content (AvgIpc) is 2.30. The Morgan fingerprint density at radius 3 is 2.62 bits per heavy atom. The summed E-state index contributed by atoms with van der Waals surface area (Å²) in [5, 5.41) is 2.61. The molecule has 2 aromatic heterocycles. The predicted octanol–water partition coefficient (Wildman–Crippen LogP) is 2.10. The Balaban J connectivity index is 2.23. The summed E-state index contributed by atoms with van der Waals surface area (Å²) in [5.74, 6) is 0.422. The Kier molecular flexibility index (Phi) is 2.91. The average molecular weight is 213 g/mol. The SMILES string of the molecule is CC(=O)Nc1ccc(-c2ccccn2)cn1. The third kappa shape index (κ3) is 2.42. The van der Waals surface area contributed by atoms with E-state index in [0.717, 1.165) is 11.3 Å². The van der Waals surface area contributed by atoms with Crippen molar-refractivity contribution >= 4 is 11.7 Å². The number of pyridine rings is 2. The first-order valence-electron chi connectivity index (χ1n) is 4.91. The highest BCUT2D eigenvalue weighted by Gasteiger charge is 2.00.